The monoisotopic (exact) mass is 545 g/mol. The van der Waals surface area contributed by atoms with Crippen LogP contribution in [0.4, 0.5) is 0 Å². The zero-order chi connectivity index (χ0) is 29.7. The lowest BCUT2D eigenvalue weighted by molar-refractivity contribution is -1.73. The van der Waals surface area contributed by atoms with Crippen LogP contribution in [0.15, 0.2) is 0 Å². The highest BCUT2D eigenvalue weighted by Gasteiger charge is 1.72. The van der Waals surface area contributed by atoms with Crippen LogP contribution in [0.2, 0.25) is 0 Å². The minimum absolute atomic E-state index is 1.09. The summed E-state index contributed by atoms with van der Waals surface area (Å²) in [4.78, 5) is 41.7. The summed E-state index contributed by atoms with van der Waals surface area (Å²) in [6.07, 6.45) is 5.12. The Morgan fingerprint density at radius 2 is 0.676 bits per heavy atom. The third kappa shape index (κ3) is 2540000. The fourth-order valence-electron chi connectivity index (χ4n) is 0.500. The van der Waals surface area contributed by atoms with E-state index in [0.29, 0.717) is 0 Å². The number of hydrogen-bond donors (Lipinski definition) is 6. The Morgan fingerprint density at radius 1 is 0.588 bits per heavy atom. The molecule has 0 aliphatic heterocycles. The maximum absolute atomic E-state index is 8.41. The van der Waals surface area contributed by atoms with Gasteiger partial charge in [0.05, 0.1) is 29.0 Å². The smallest absolute Gasteiger partial charge is 0.291 e. The van der Waals surface area contributed by atoms with Crippen molar-refractivity contribution in [2.24, 2.45) is 0 Å². The van der Waals surface area contributed by atoms with E-state index < -0.39 is 36.2 Å². The van der Waals surface area contributed by atoms with Gasteiger partial charge >= 0.3 is 0 Å². The molecule has 0 radical (unpaired) electrons. The van der Waals surface area contributed by atoms with Crippen molar-refractivity contribution in [3.05, 3.63) is 55.8 Å². The summed E-state index contributed by atoms with van der Waals surface area (Å²) in [6.45, 7) is 6.53. The van der Waals surface area contributed by atoms with Gasteiger partial charge in [0.1, 0.15) is 0 Å². The standard InChI is InChI=1S/2C4H11N.ClO3.4HNO3.NO3/c2*1-2-3-4-5;6*2-1(3)4/h2*2-5H2,1H3;;4*(H,2,3,4);/q;;-1;;;;;-1/p+2. The van der Waals surface area contributed by atoms with E-state index in [9.17, 15) is 0 Å². The summed E-state index contributed by atoms with van der Waals surface area (Å²) >= 11 is 0. The molecule has 0 aliphatic carbocycles. The molecule has 0 atom stereocenters. The molecule has 0 spiro atoms. The van der Waals surface area contributed by atoms with Crippen molar-refractivity contribution in [1.82, 2.24) is 0 Å². The van der Waals surface area contributed by atoms with E-state index in [0.717, 1.165) is 13.1 Å². The Bertz CT molecular complexity index is 342. The van der Waals surface area contributed by atoms with Crippen molar-refractivity contribution in [3.63, 3.8) is 0 Å². The Kier molecular flexibility index (Phi) is 87.3. The van der Waals surface area contributed by atoms with Crippen LogP contribution in [0.3, 0.4) is 0 Å². The zero-order valence-electron chi connectivity index (χ0n) is 17.8. The summed E-state index contributed by atoms with van der Waals surface area (Å²) in [5, 5.41) is 69.3. The molecule has 26 heteroatoms. The van der Waals surface area contributed by atoms with Crippen LogP contribution in [0.25, 0.3) is 0 Å². The number of halogens is 1. The summed E-state index contributed by atoms with van der Waals surface area (Å²) in [5.74, 6) is 0. The molecule has 0 aromatic heterocycles. The number of quaternary nitrogens is 2. The molecule has 0 saturated carbocycles. The largest absolute Gasteiger partial charge is 0.358 e. The second-order valence-electron chi connectivity index (χ2n) is 3.78. The van der Waals surface area contributed by atoms with Crippen molar-refractivity contribution in [2.75, 3.05) is 13.1 Å². The number of nitrogens with zero attached hydrogens (tertiary/aromatic N) is 5. The molecule has 0 amide bonds. The van der Waals surface area contributed by atoms with Gasteiger partial charge < -0.3 is 61.6 Å². The van der Waals surface area contributed by atoms with E-state index in [-0.39, 0.29) is 0 Å². The molecule has 10 N–H and O–H groups in total. The van der Waals surface area contributed by atoms with Crippen LogP contribution >= 0.6 is 0 Å². The fraction of sp³-hybridized carbons (Fsp3) is 1.00. The molecule has 0 unspecified atom stereocenters. The van der Waals surface area contributed by atoms with Crippen molar-refractivity contribution in [2.45, 2.75) is 39.5 Å². The minimum atomic E-state index is -2.85. The molecule has 0 aliphatic rings. The minimum Gasteiger partial charge on any atom is -0.358 e. The molecular formula is C8H28ClN7O18. The molecule has 0 fully saturated rings. The highest BCUT2D eigenvalue weighted by Crippen LogP contribution is 1.76. The molecule has 25 nitrogen and oxygen atoms in total. The summed E-state index contributed by atoms with van der Waals surface area (Å²) in [7, 11) is -2.85. The van der Waals surface area contributed by atoms with E-state index in [1.165, 1.54) is 25.7 Å². The zero-order valence-corrected chi connectivity index (χ0v) is 18.5. The molecule has 0 rings (SSSR count). The maximum atomic E-state index is 8.41. The molecule has 34 heavy (non-hydrogen) atoms. The van der Waals surface area contributed by atoms with Crippen LogP contribution in [-0.2, 0) is 0 Å². The number of hydrogen-bond acceptors (Lipinski definition) is 14. The highest BCUT2D eigenvalue weighted by molar-refractivity contribution is 4.22. The molecule has 0 heterocycles. The van der Waals surface area contributed by atoms with Gasteiger partial charge in [-0.15, -0.1) is 40.5 Å². The normalized spacial score (nSPS) is 7.06. The van der Waals surface area contributed by atoms with Gasteiger partial charge in [-0.3, -0.25) is 0 Å². The Labute approximate surface area is 192 Å². The third-order valence-electron chi connectivity index (χ3n) is 1.21. The van der Waals surface area contributed by atoms with Crippen molar-refractivity contribution < 1.29 is 82.5 Å². The van der Waals surface area contributed by atoms with E-state index in [1.807, 2.05) is 0 Å². The first-order valence-corrected chi connectivity index (χ1v) is 8.61. The molecule has 0 aromatic carbocycles. The van der Waals surface area contributed by atoms with Crippen molar-refractivity contribution >= 4 is 0 Å². The van der Waals surface area contributed by atoms with E-state index in [4.69, 9.17) is 90.6 Å². The molecule has 210 valence electrons. The summed E-state index contributed by atoms with van der Waals surface area (Å²) in [5.41, 5.74) is 7.35. The lowest BCUT2D eigenvalue weighted by Gasteiger charge is -1.89. The Hall–Kier alpha value is -3.91. The summed E-state index contributed by atoms with van der Waals surface area (Å²) < 4.78 is 25.2. The lowest BCUT2D eigenvalue weighted by atomic mass is 10.3. The van der Waals surface area contributed by atoms with Gasteiger partial charge in [0.2, 0.25) is 0 Å². The SMILES string of the molecule is CCCC[NH3+].CCCC[NH3+].O=[N+]([O-])O.O=[N+]([O-])O.O=[N+]([O-])O.O=[N+]([O-])O.O=[N+]([O-])[O-].[O-][Cl+2]([O-])[O-]. The quantitative estimate of drug-likeness (QED) is 0.142. The maximum Gasteiger partial charge on any atom is 0.291 e. The van der Waals surface area contributed by atoms with Gasteiger partial charge in [0.15, 0.2) is 0 Å². The van der Waals surface area contributed by atoms with Crippen LogP contribution < -0.4 is 25.4 Å². The van der Waals surface area contributed by atoms with Gasteiger partial charge in [0.25, 0.3) is 20.3 Å². The first-order valence-electron chi connectivity index (χ1n) is 7.69. The van der Waals surface area contributed by atoms with E-state index in [2.05, 4.69) is 25.3 Å². The van der Waals surface area contributed by atoms with Crippen LogP contribution in [0.1, 0.15) is 39.5 Å². The van der Waals surface area contributed by atoms with Gasteiger partial charge in [-0.25, -0.2) is 0 Å². The molecule has 0 saturated heterocycles. The van der Waals surface area contributed by atoms with Crippen molar-refractivity contribution in [3.8, 4) is 0 Å². The average molecular weight is 546 g/mol. The Morgan fingerprint density at radius 3 is 0.676 bits per heavy atom. The highest BCUT2D eigenvalue weighted by atomic mass is 35.6. The van der Waals surface area contributed by atoms with E-state index >= 15 is 0 Å². The predicted octanol–water partition coefficient (Wildman–Crippen LogP) is -5.14. The topological polar surface area (TPSA) is 444 Å². The van der Waals surface area contributed by atoms with Gasteiger partial charge in [-0.1, -0.05) is 26.7 Å². The van der Waals surface area contributed by atoms with Crippen LogP contribution in [0.5, 0.6) is 0 Å². The van der Waals surface area contributed by atoms with Crippen LogP contribution in [-0.4, -0.2) is 59.4 Å². The van der Waals surface area contributed by atoms with E-state index in [1.54, 1.807) is 0 Å². The average Bonchev–Trinajstić information content (AvgIpc) is 2.53. The lowest BCUT2D eigenvalue weighted by Crippen LogP contribution is -2.49. The van der Waals surface area contributed by atoms with Crippen molar-refractivity contribution in [1.29, 1.82) is 0 Å². The number of unbranched alkanes of at least 4 members (excludes halogenated alkanes) is 2. The van der Waals surface area contributed by atoms with Gasteiger partial charge in [-0.05, 0) is 12.8 Å². The first-order chi connectivity index (χ1) is 15.2. The molecular weight excluding hydrogens is 518 g/mol. The summed E-state index contributed by atoms with van der Waals surface area (Å²) in [6, 6.07) is 0. The van der Waals surface area contributed by atoms with Gasteiger partial charge in [-0.2, -0.15) is 0 Å². The first kappa shape index (κ1) is 52.2. The second kappa shape index (κ2) is 56.9. The Balaban J connectivity index is -0.0000000380. The van der Waals surface area contributed by atoms with Crippen LogP contribution in [0, 0.1) is 66.6 Å². The fourth-order valence-corrected chi connectivity index (χ4v) is 0.500. The number of rotatable bonds is 4. The third-order valence-corrected chi connectivity index (χ3v) is 1.21. The second-order valence-corrected chi connectivity index (χ2v) is 4.16. The predicted molar refractivity (Wildman–Crippen MR) is 90.8 cm³/mol. The van der Waals surface area contributed by atoms with Gasteiger partial charge in [0, 0.05) is 0 Å². The molecule has 0 aromatic rings. The molecule has 0 bridgehead atoms.